The molecular formula is C19H15ClN2O3. The zero-order chi connectivity index (χ0) is 17.8. The Hall–Kier alpha value is -3.05. The molecule has 0 radical (unpaired) electrons. The summed E-state index contributed by atoms with van der Waals surface area (Å²) in [6.45, 7) is 0. The summed E-state index contributed by atoms with van der Waals surface area (Å²) in [7, 11) is 1.63. The monoisotopic (exact) mass is 354 g/mol. The Morgan fingerprint density at radius 1 is 1.20 bits per heavy atom. The first-order valence-corrected chi connectivity index (χ1v) is 7.84. The van der Waals surface area contributed by atoms with Crippen LogP contribution in [-0.2, 0) is 0 Å². The number of carboxylic acids is 1. The average Bonchev–Trinajstić information content (AvgIpc) is 3.10. The minimum absolute atomic E-state index is 0.0344. The van der Waals surface area contributed by atoms with Crippen molar-refractivity contribution in [1.82, 2.24) is 4.57 Å². The van der Waals surface area contributed by atoms with Crippen LogP contribution in [-0.4, -0.2) is 29.0 Å². The zero-order valence-corrected chi connectivity index (χ0v) is 14.1. The van der Waals surface area contributed by atoms with E-state index in [1.807, 2.05) is 47.3 Å². The molecule has 0 aliphatic heterocycles. The summed E-state index contributed by atoms with van der Waals surface area (Å²) in [4.78, 5) is 15.4. The van der Waals surface area contributed by atoms with Crippen molar-refractivity contribution in [2.24, 2.45) is 4.99 Å². The number of hydrogen-bond acceptors (Lipinski definition) is 3. The van der Waals surface area contributed by atoms with Gasteiger partial charge in [0, 0.05) is 29.9 Å². The molecule has 0 aliphatic rings. The molecule has 0 unspecified atom stereocenters. The van der Waals surface area contributed by atoms with E-state index in [0.29, 0.717) is 5.69 Å². The smallest absolute Gasteiger partial charge is 0.337 e. The van der Waals surface area contributed by atoms with Crippen LogP contribution in [0.3, 0.4) is 0 Å². The number of aliphatic imine (C=N–C) groups is 1. The Kier molecular flexibility index (Phi) is 4.86. The molecule has 0 saturated carbocycles. The molecule has 6 heteroatoms. The van der Waals surface area contributed by atoms with Crippen LogP contribution >= 0.6 is 11.6 Å². The van der Waals surface area contributed by atoms with Gasteiger partial charge in [-0.05, 0) is 48.5 Å². The van der Waals surface area contributed by atoms with E-state index in [-0.39, 0.29) is 10.6 Å². The summed E-state index contributed by atoms with van der Waals surface area (Å²) in [5.74, 6) is -0.276. The van der Waals surface area contributed by atoms with E-state index in [1.54, 1.807) is 19.4 Å². The molecule has 2 aromatic carbocycles. The van der Waals surface area contributed by atoms with Crippen molar-refractivity contribution in [2.45, 2.75) is 0 Å². The summed E-state index contributed by atoms with van der Waals surface area (Å²) in [6.07, 6.45) is 5.53. The number of halogens is 1. The minimum atomic E-state index is -1.08. The highest BCUT2D eigenvalue weighted by Gasteiger charge is 2.08. The first kappa shape index (κ1) is 16.8. The number of hydrogen-bond donors (Lipinski definition) is 1. The van der Waals surface area contributed by atoms with Crippen LogP contribution in [0.4, 0.5) is 5.69 Å². The summed E-state index contributed by atoms with van der Waals surface area (Å²) < 4.78 is 7.11. The van der Waals surface area contributed by atoms with Gasteiger partial charge in [0.1, 0.15) is 5.75 Å². The van der Waals surface area contributed by atoms with E-state index >= 15 is 0 Å². The largest absolute Gasteiger partial charge is 0.497 e. The zero-order valence-electron chi connectivity index (χ0n) is 13.4. The predicted molar refractivity (Wildman–Crippen MR) is 98.0 cm³/mol. The first-order chi connectivity index (χ1) is 12.1. The summed E-state index contributed by atoms with van der Waals surface area (Å²) in [5, 5.41) is 9.29. The summed E-state index contributed by atoms with van der Waals surface area (Å²) in [5.41, 5.74) is 2.45. The van der Waals surface area contributed by atoms with Crippen molar-refractivity contribution in [1.29, 1.82) is 0 Å². The number of ether oxygens (including phenoxy) is 1. The molecule has 3 aromatic rings. The third-order valence-electron chi connectivity index (χ3n) is 3.63. The Labute approximate surface area is 149 Å². The highest BCUT2D eigenvalue weighted by molar-refractivity contribution is 6.33. The Morgan fingerprint density at radius 2 is 1.96 bits per heavy atom. The quantitative estimate of drug-likeness (QED) is 0.681. The van der Waals surface area contributed by atoms with Crippen LogP contribution in [0, 0.1) is 0 Å². The van der Waals surface area contributed by atoms with Gasteiger partial charge < -0.3 is 14.4 Å². The van der Waals surface area contributed by atoms with Crippen LogP contribution in [0.25, 0.3) is 5.69 Å². The maximum absolute atomic E-state index is 11.1. The van der Waals surface area contributed by atoms with Crippen LogP contribution < -0.4 is 4.74 Å². The van der Waals surface area contributed by atoms with Crippen LogP contribution in [0.15, 0.2) is 65.9 Å². The number of methoxy groups -OCH3 is 1. The molecule has 0 bridgehead atoms. The van der Waals surface area contributed by atoms with E-state index in [2.05, 4.69) is 4.99 Å². The molecule has 0 amide bonds. The summed E-state index contributed by atoms with van der Waals surface area (Å²) >= 11 is 5.86. The number of aromatic nitrogens is 1. The van der Waals surface area contributed by atoms with Gasteiger partial charge in [-0.2, -0.15) is 0 Å². The van der Waals surface area contributed by atoms with Crippen molar-refractivity contribution < 1.29 is 14.6 Å². The molecule has 0 aliphatic carbocycles. The van der Waals surface area contributed by atoms with E-state index in [9.17, 15) is 4.79 Å². The molecule has 0 saturated heterocycles. The number of carbonyl (C=O) groups is 1. The standard InChI is InChI=1S/C19H15ClN2O3/c1-25-16-5-3-15(4-6-16)22-9-8-13(12-22)11-21-14-2-7-18(20)17(10-14)19(23)24/h2-12H,1H3,(H,23,24). The van der Waals surface area contributed by atoms with Gasteiger partial charge in [-0.1, -0.05) is 11.6 Å². The van der Waals surface area contributed by atoms with Crippen molar-refractivity contribution in [3.8, 4) is 11.4 Å². The predicted octanol–water partition coefficient (Wildman–Crippen LogP) is 4.59. The van der Waals surface area contributed by atoms with Gasteiger partial charge in [-0.15, -0.1) is 0 Å². The fourth-order valence-electron chi connectivity index (χ4n) is 2.31. The topological polar surface area (TPSA) is 63.8 Å². The molecule has 1 N–H and O–H groups in total. The molecule has 1 aromatic heterocycles. The van der Waals surface area contributed by atoms with Crippen molar-refractivity contribution in [2.75, 3.05) is 7.11 Å². The van der Waals surface area contributed by atoms with E-state index in [0.717, 1.165) is 17.0 Å². The molecule has 5 nitrogen and oxygen atoms in total. The maximum Gasteiger partial charge on any atom is 0.337 e. The molecule has 3 rings (SSSR count). The van der Waals surface area contributed by atoms with Crippen LogP contribution in [0.1, 0.15) is 15.9 Å². The lowest BCUT2D eigenvalue weighted by Gasteiger charge is -2.04. The van der Waals surface area contributed by atoms with Gasteiger partial charge in [0.05, 0.1) is 23.4 Å². The Bertz CT molecular complexity index is 930. The number of benzene rings is 2. The molecule has 0 atom stereocenters. The van der Waals surface area contributed by atoms with Crippen molar-refractivity contribution >= 4 is 29.5 Å². The van der Waals surface area contributed by atoms with Crippen molar-refractivity contribution in [3.05, 3.63) is 77.1 Å². The number of rotatable bonds is 5. The Balaban J connectivity index is 1.80. The van der Waals surface area contributed by atoms with Crippen LogP contribution in [0.2, 0.25) is 5.02 Å². The van der Waals surface area contributed by atoms with E-state index in [1.165, 1.54) is 12.1 Å². The maximum atomic E-state index is 11.1. The summed E-state index contributed by atoms with van der Waals surface area (Å²) in [6, 6.07) is 14.3. The second kappa shape index (κ2) is 7.23. The number of nitrogens with zero attached hydrogens (tertiary/aromatic N) is 2. The molecule has 1 heterocycles. The second-order valence-electron chi connectivity index (χ2n) is 5.28. The second-order valence-corrected chi connectivity index (χ2v) is 5.68. The normalized spacial score (nSPS) is 11.0. The number of aromatic carboxylic acids is 1. The lowest BCUT2D eigenvalue weighted by molar-refractivity contribution is 0.0697. The lowest BCUT2D eigenvalue weighted by Crippen LogP contribution is -1.96. The Morgan fingerprint density at radius 3 is 2.64 bits per heavy atom. The molecule has 0 spiro atoms. The highest BCUT2D eigenvalue weighted by Crippen LogP contribution is 2.22. The van der Waals surface area contributed by atoms with Gasteiger partial charge in [-0.25, -0.2) is 4.79 Å². The van der Waals surface area contributed by atoms with Gasteiger partial charge in [0.15, 0.2) is 0 Å². The van der Waals surface area contributed by atoms with Gasteiger partial charge >= 0.3 is 5.97 Å². The fraction of sp³-hybridized carbons (Fsp3) is 0.0526. The first-order valence-electron chi connectivity index (χ1n) is 7.46. The molecule has 25 heavy (non-hydrogen) atoms. The molecule has 0 fully saturated rings. The fourth-order valence-corrected chi connectivity index (χ4v) is 2.51. The van der Waals surface area contributed by atoms with Crippen LogP contribution in [0.5, 0.6) is 5.75 Å². The van der Waals surface area contributed by atoms with Crippen molar-refractivity contribution in [3.63, 3.8) is 0 Å². The number of carboxylic acid groups (broad SMARTS) is 1. The van der Waals surface area contributed by atoms with Gasteiger partial charge in [-0.3, -0.25) is 4.99 Å². The molecule has 126 valence electrons. The average molecular weight is 355 g/mol. The minimum Gasteiger partial charge on any atom is -0.497 e. The SMILES string of the molecule is COc1ccc(-n2ccc(C=Nc3ccc(Cl)c(C(=O)O)c3)c2)cc1. The van der Waals surface area contributed by atoms with E-state index in [4.69, 9.17) is 21.4 Å². The highest BCUT2D eigenvalue weighted by atomic mass is 35.5. The van der Waals surface area contributed by atoms with Gasteiger partial charge in [0.25, 0.3) is 0 Å². The van der Waals surface area contributed by atoms with E-state index < -0.39 is 5.97 Å². The third-order valence-corrected chi connectivity index (χ3v) is 3.96. The third kappa shape index (κ3) is 3.89. The van der Waals surface area contributed by atoms with Gasteiger partial charge in [0.2, 0.25) is 0 Å². The lowest BCUT2D eigenvalue weighted by atomic mass is 10.2. The molecular weight excluding hydrogens is 340 g/mol.